The van der Waals surface area contributed by atoms with E-state index in [0.29, 0.717) is 11.4 Å². The zero-order chi connectivity index (χ0) is 18.8. The molecule has 0 N–H and O–H groups in total. The van der Waals surface area contributed by atoms with Gasteiger partial charge < -0.3 is 4.90 Å². The molecule has 26 heavy (non-hydrogen) atoms. The highest BCUT2D eigenvalue weighted by atomic mass is 79.9. The highest BCUT2D eigenvalue weighted by Gasteiger charge is 2.28. The Balaban J connectivity index is 2.16. The predicted octanol–water partition coefficient (Wildman–Crippen LogP) is 4.59. The van der Waals surface area contributed by atoms with Crippen molar-refractivity contribution in [2.45, 2.75) is 25.2 Å². The molecule has 3 rings (SSSR count). The summed E-state index contributed by atoms with van der Waals surface area (Å²) >= 11 is 4.97. The van der Waals surface area contributed by atoms with Crippen LogP contribution in [-0.4, -0.2) is 41.1 Å². The van der Waals surface area contributed by atoms with Gasteiger partial charge in [-0.2, -0.15) is 0 Å². The Labute approximate surface area is 165 Å². The molecule has 0 fully saturated rings. The van der Waals surface area contributed by atoms with Crippen LogP contribution in [-0.2, 0) is 6.54 Å². The van der Waals surface area contributed by atoms with Crippen LogP contribution in [0.3, 0.4) is 0 Å². The van der Waals surface area contributed by atoms with Gasteiger partial charge in [0.15, 0.2) is 0 Å². The molecule has 1 atom stereocenters. The fraction of sp³-hybridized carbons (Fsp3) is 0.316. The van der Waals surface area contributed by atoms with E-state index in [1.807, 2.05) is 57.1 Å². The van der Waals surface area contributed by atoms with Crippen LogP contribution in [0.4, 0.5) is 5.69 Å². The average molecular weight is 433 g/mol. The molecule has 1 aliphatic heterocycles. The van der Waals surface area contributed by atoms with Crippen molar-refractivity contribution >= 4 is 55.4 Å². The molecule has 2 aromatic heterocycles. The van der Waals surface area contributed by atoms with Gasteiger partial charge in [-0.05, 0) is 32.1 Å². The summed E-state index contributed by atoms with van der Waals surface area (Å²) in [6.45, 7) is 4.42. The lowest BCUT2D eigenvalue weighted by Gasteiger charge is -2.18. The zero-order valence-electron chi connectivity index (χ0n) is 15.2. The molecule has 0 bridgehead atoms. The van der Waals surface area contributed by atoms with E-state index >= 15 is 0 Å². The molecular formula is C19H21BrN4OS. The molecule has 136 valence electrons. The molecule has 0 spiro atoms. The number of carbonyl (C=O) groups is 1. The second kappa shape index (κ2) is 7.72. The normalized spacial score (nSPS) is 16.3. The maximum atomic E-state index is 13.3. The molecule has 1 unspecified atom stereocenters. The number of hydrogen-bond acceptors (Lipinski definition) is 5. The van der Waals surface area contributed by atoms with Crippen LogP contribution in [0.15, 0.2) is 41.2 Å². The van der Waals surface area contributed by atoms with Gasteiger partial charge in [-0.1, -0.05) is 22.0 Å². The number of amides is 1. The van der Waals surface area contributed by atoms with Crippen molar-refractivity contribution in [2.24, 2.45) is 4.99 Å². The van der Waals surface area contributed by atoms with E-state index in [1.165, 1.54) is 11.3 Å². The Morgan fingerprint density at radius 3 is 2.88 bits per heavy atom. The first-order chi connectivity index (χ1) is 12.4. The lowest BCUT2D eigenvalue weighted by molar-refractivity contribution is 0.0889. The standard InChI is InChI=1S/C19H21BrN4OS/c1-5-6-13(9-12(2)20)24-11-21-10-14-16-15(23(3)4)7-8-22-18(16)26-17(14)19(24)25/h5-9,11-12H,10H2,1-4H3/b6-5-,13-9+. The van der Waals surface area contributed by atoms with Crippen molar-refractivity contribution in [3.8, 4) is 0 Å². The minimum Gasteiger partial charge on any atom is -0.377 e. The summed E-state index contributed by atoms with van der Waals surface area (Å²) in [6, 6.07) is 1.98. The van der Waals surface area contributed by atoms with Crippen LogP contribution in [0.2, 0.25) is 0 Å². The van der Waals surface area contributed by atoms with Crippen molar-refractivity contribution in [3.05, 3.63) is 46.6 Å². The summed E-state index contributed by atoms with van der Waals surface area (Å²) < 4.78 is 0. The maximum Gasteiger partial charge on any atom is 0.274 e. The fourth-order valence-electron chi connectivity index (χ4n) is 2.94. The van der Waals surface area contributed by atoms with Crippen LogP contribution in [0.5, 0.6) is 0 Å². The Bertz CT molecular complexity index is 927. The molecule has 0 radical (unpaired) electrons. The van der Waals surface area contributed by atoms with Crippen LogP contribution in [0.1, 0.15) is 29.1 Å². The summed E-state index contributed by atoms with van der Waals surface area (Å²) in [4.78, 5) is 27.7. The number of hydrogen-bond donors (Lipinski definition) is 0. The lowest BCUT2D eigenvalue weighted by atomic mass is 10.1. The lowest BCUT2D eigenvalue weighted by Crippen LogP contribution is -2.27. The first-order valence-corrected chi connectivity index (χ1v) is 10.1. The number of anilines is 1. The van der Waals surface area contributed by atoms with Gasteiger partial charge in [-0.3, -0.25) is 14.7 Å². The molecule has 7 heteroatoms. The summed E-state index contributed by atoms with van der Waals surface area (Å²) in [7, 11) is 3.99. The highest BCUT2D eigenvalue weighted by Crippen LogP contribution is 2.38. The molecule has 0 saturated heterocycles. The van der Waals surface area contributed by atoms with E-state index < -0.39 is 0 Å². The van der Waals surface area contributed by atoms with Gasteiger partial charge in [0.05, 0.1) is 12.9 Å². The van der Waals surface area contributed by atoms with Crippen molar-refractivity contribution in [3.63, 3.8) is 0 Å². The van der Waals surface area contributed by atoms with Crippen molar-refractivity contribution < 1.29 is 4.79 Å². The molecule has 2 aromatic rings. The first-order valence-electron chi connectivity index (χ1n) is 8.33. The minimum absolute atomic E-state index is 0.0635. The first kappa shape index (κ1) is 18.8. The number of carbonyl (C=O) groups excluding carboxylic acids is 1. The number of nitrogens with zero attached hydrogens (tertiary/aromatic N) is 4. The summed E-state index contributed by atoms with van der Waals surface area (Å²) in [6.07, 6.45) is 9.25. The summed E-state index contributed by atoms with van der Waals surface area (Å²) in [5.41, 5.74) is 2.82. The molecule has 3 heterocycles. The number of aliphatic imine (C=N–C) groups is 1. The molecule has 5 nitrogen and oxygen atoms in total. The van der Waals surface area contributed by atoms with Gasteiger partial charge in [0, 0.05) is 47.5 Å². The third-order valence-corrected chi connectivity index (χ3v) is 5.42. The Hall–Kier alpha value is -1.99. The summed E-state index contributed by atoms with van der Waals surface area (Å²) in [5, 5.41) is 1.02. The SMILES string of the molecule is C/C=C\C(=C/C(C)Br)N1C=NCc2c(sc3nccc(N(C)C)c23)C1=O. The van der Waals surface area contributed by atoms with Crippen LogP contribution in [0.25, 0.3) is 10.2 Å². The number of halogens is 1. The van der Waals surface area contributed by atoms with E-state index in [2.05, 4.69) is 25.9 Å². The van der Waals surface area contributed by atoms with Gasteiger partial charge in [0.1, 0.15) is 9.71 Å². The minimum atomic E-state index is -0.0635. The van der Waals surface area contributed by atoms with Gasteiger partial charge >= 0.3 is 0 Å². The maximum absolute atomic E-state index is 13.3. The Morgan fingerprint density at radius 1 is 1.46 bits per heavy atom. The van der Waals surface area contributed by atoms with Crippen molar-refractivity contribution in [1.82, 2.24) is 9.88 Å². The molecule has 0 aliphatic carbocycles. The Kier molecular flexibility index (Phi) is 5.58. The third kappa shape index (κ3) is 3.46. The van der Waals surface area contributed by atoms with E-state index in [-0.39, 0.29) is 10.7 Å². The van der Waals surface area contributed by atoms with Gasteiger partial charge in [0.25, 0.3) is 5.91 Å². The zero-order valence-corrected chi connectivity index (χ0v) is 17.6. The molecular weight excluding hydrogens is 412 g/mol. The predicted molar refractivity (Wildman–Crippen MR) is 114 cm³/mol. The van der Waals surface area contributed by atoms with Crippen LogP contribution >= 0.6 is 27.3 Å². The number of fused-ring (bicyclic) bond motifs is 3. The third-order valence-electron chi connectivity index (χ3n) is 4.03. The molecule has 1 aliphatic rings. The second-order valence-electron chi connectivity index (χ2n) is 6.21. The van der Waals surface area contributed by atoms with Crippen molar-refractivity contribution in [2.75, 3.05) is 19.0 Å². The molecule has 0 aromatic carbocycles. The van der Waals surface area contributed by atoms with Gasteiger partial charge in [-0.25, -0.2) is 4.98 Å². The Morgan fingerprint density at radius 2 is 2.23 bits per heavy atom. The monoisotopic (exact) mass is 432 g/mol. The van der Waals surface area contributed by atoms with Crippen molar-refractivity contribution in [1.29, 1.82) is 0 Å². The second-order valence-corrected chi connectivity index (χ2v) is 8.66. The van der Waals surface area contributed by atoms with Gasteiger partial charge in [0.2, 0.25) is 0 Å². The quantitative estimate of drug-likeness (QED) is 0.524. The number of pyridine rings is 1. The van der Waals surface area contributed by atoms with E-state index in [4.69, 9.17) is 0 Å². The smallest absolute Gasteiger partial charge is 0.274 e. The average Bonchev–Trinajstić information content (AvgIpc) is 2.88. The molecule has 0 saturated carbocycles. The topological polar surface area (TPSA) is 48.8 Å². The van der Waals surface area contributed by atoms with Gasteiger partial charge in [-0.15, -0.1) is 11.3 Å². The van der Waals surface area contributed by atoms with E-state index in [1.54, 1.807) is 17.4 Å². The fourth-order valence-corrected chi connectivity index (χ4v) is 4.33. The largest absolute Gasteiger partial charge is 0.377 e. The highest BCUT2D eigenvalue weighted by molar-refractivity contribution is 9.09. The van der Waals surface area contributed by atoms with Crippen LogP contribution < -0.4 is 4.90 Å². The number of allylic oxidation sites excluding steroid dienone is 3. The van der Waals surface area contributed by atoms with E-state index in [9.17, 15) is 4.79 Å². The number of aromatic nitrogens is 1. The van der Waals surface area contributed by atoms with Crippen LogP contribution in [0, 0.1) is 0 Å². The number of thiophene rings is 1. The number of alkyl halides is 1. The summed E-state index contributed by atoms with van der Waals surface area (Å²) in [5.74, 6) is -0.0635. The number of rotatable bonds is 4. The molecule has 1 amide bonds. The van der Waals surface area contributed by atoms with E-state index in [0.717, 1.165) is 27.2 Å².